The van der Waals surface area contributed by atoms with Gasteiger partial charge in [0.1, 0.15) is 28.1 Å². The van der Waals surface area contributed by atoms with Crippen molar-refractivity contribution in [3.05, 3.63) is 29.6 Å². The third kappa shape index (κ3) is 2.91. The van der Waals surface area contributed by atoms with Crippen LogP contribution < -0.4 is 4.72 Å². The van der Waals surface area contributed by atoms with Gasteiger partial charge in [0.15, 0.2) is 0 Å². The van der Waals surface area contributed by atoms with E-state index in [4.69, 9.17) is 5.26 Å². The van der Waals surface area contributed by atoms with Crippen molar-refractivity contribution in [3.8, 4) is 6.07 Å². The molecule has 0 spiro atoms. The lowest BCUT2D eigenvalue weighted by Gasteiger charge is -2.12. The molecule has 0 aromatic heterocycles. The first kappa shape index (κ1) is 14.3. The molecule has 0 saturated heterocycles. The van der Waals surface area contributed by atoms with Gasteiger partial charge in [-0.05, 0) is 26.0 Å². The number of carbonyl (C=O) groups is 1. The van der Waals surface area contributed by atoms with Crippen molar-refractivity contribution in [2.24, 2.45) is 0 Å². The second kappa shape index (κ2) is 5.25. The second-order valence-corrected chi connectivity index (χ2v) is 5.36. The van der Waals surface area contributed by atoms with Gasteiger partial charge in [-0.1, -0.05) is 6.07 Å². The van der Waals surface area contributed by atoms with Crippen molar-refractivity contribution in [3.63, 3.8) is 0 Å². The molecule has 5 nitrogen and oxygen atoms in total. The number of ketones is 1. The SMILES string of the molecule is CC(=O)C(C)NS(=O)(=O)c1cccc(F)c1C#N. The van der Waals surface area contributed by atoms with Gasteiger partial charge in [-0.2, -0.15) is 5.26 Å². The minimum absolute atomic E-state index is 0.381. The lowest BCUT2D eigenvalue weighted by molar-refractivity contribution is -0.118. The van der Waals surface area contributed by atoms with Gasteiger partial charge in [-0.25, -0.2) is 17.5 Å². The monoisotopic (exact) mass is 270 g/mol. The largest absolute Gasteiger partial charge is 0.298 e. The highest BCUT2D eigenvalue weighted by atomic mass is 32.2. The Morgan fingerprint density at radius 3 is 2.61 bits per heavy atom. The first-order chi connectivity index (χ1) is 8.29. The topological polar surface area (TPSA) is 87.0 Å². The highest BCUT2D eigenvalue weighted by Crippen LogP contribution is 2.18. The van der Waals surface area contributed by atoms with Crippen molar-refractivity contribution < 1.29 is 17.6 Å². The molecule has 1 aromatic rings. The van der Waals surface area contributed by atoms with Crippen LogP contribution in [0.2, 0.25) is 0 Å². The molecule has 0 aliphatic rings. The molecule has 1 atom stereocenters. The Balaban J connectivity index is 3.27. The average molecular weight is 270 g/mol. The summed E-state index contributed by atoms with van der Waals surface area (Å²) in [4.78, 5) is 10.5. The fraction of sp³-hybridized carbons (Fsp3) is 0.273. The molecular formula is C11H11FN2O3S. The lowest BCUT2D eigenvalue weighted by Crippen LogP contribution is -2.37. The van der Waals surface area contributed by atoms with E-state index in [9.17, 15) is 17.6 Å². The summed E-state index contributed by atoms with van der Waals surface area (Å²) in [5, 5.41) is 8.76. The number of rotatable bonds is 4. The van der Waals surface area contributed by atoms with Gasteiger partial charge < -0.3 is 0 Å². The zero-order valence-corrected chi connectivity index (χ0v) is 10.6. The number of benzene rings is 1. The van der Waals surface area contributed by atoms with Crippen LogP contribution in [-0.2, 0) is 14.8 Å². The van der Waals surface area contributed by atoms with E-state index in [1.807, 2.05) is 0 Å². The number of sulfonamides is 1. The molecule has 1 unspecified atom stereocenters. The molecule has 0 amide bonds. The normalized spacial score (nSPS) is 12.8. The minimum Gasteiger partial charge on any atom is -0.298 e. The maximum Gasteiger partial charge on any atom is 0.242 e. The average Bonchev–Trinajstić information content (AvgIpc) is 2.27. The van der Waals surface area contributed by atoms with E-state index in [0.29, 0.717) is 0 Å². The highest BCUT2D eigenvalue weighted by Gasteiger charge is 2.24. The Hall–Kier alpha value is -1.78. The van der Waals surface area contributed by atoms with Crippen LogP contribution in [0.5, 0.6) is 0 Å². The Bertz CT molecular complexity index is 620. The first-order valence-electron chi connectivity index (χ1n) is 5.01. The molecule has 18 heavy (non-hydrogen) atoms. The number of hydrogen-bond acceptors (Lipinski definition) is 4. The van der Waals surface area contributed by atoms with Crippen LogP contribution >= 0.6 is 0 Å². The summed E-state index contributed by atoms with van der Waals surface area (Å²) in [6, 6.07) is 3.84. The highest BCUT2D eigenvalue weighted by molar-refractivity contribution is 7.89. The van der Waals surface area contributed by atoms with Gasteiger partial charge >= 0.3 is 0 Å². The minimum atomic E-state index is -4.10. The van der Waals surface area contributed by atoms with Crippen LogP contribution in [0.25, 0.3) is 0 Å². The fourth-order valence-electron chi connectivity index (χ4n) is 1.22. The maximum absolute atomic E-state index is 13.3. The molecule has 1 N–H and O–H groups in total. The number of halogens is 1. The van der Waals surface area contributed by atoms with E-state index in [-0.39, 0.29) is 5.78 Å². The van der Waals surface area contributed by atoms with Gasteiger partial charge in [0, 0.05) is 0 Å². The molecule has 1 aromatic carbocycles. The molecular weight excluding hydrogens is 259 g/mol. The Labute approximate surface area is 104 Å². The van der Waals surface area contributed by atoms with Crippen LogP contribution in [0.4, 0.5) is 4.39 Å². The number of Topliss-reactive ketones (excluding diaryl/α,β-unsaturated/α-hetero) is 1. The van der Waals surface area contributed by atoms with E-state index in [0.717, 1.165) is 12.1 Å². The van der Waals surface area contributed by atoms with Gasteiger partial charge in [-0.3, -0.25) is 4.79 Å². The lowest BCUT2D eigenvalue weighted by atomic mass is 10.2. The second-order valence-electron chi connectivity index (χ2n) is 3.68. The van der Waals surface area contributed by atoms with Crippen LogP contribution in [0.15, 0.2) is 23.1 Å². The molecule has 0 heterocycles. The summed E-state index contributed by atoms with van der Waals surface area (Å²) in [7, 11) is -4.10. The van der Waals surface area contributed by atoms with Gasteiger partial charge in [0.25, 0.3) is 0 Å². The molecule has 0 fully saturated rings. The molecule has 1 rings (SSSR count). The number of nitrogens with one attached hydrogen (secondary N) is 1. The number of hydrogen-bond donors (Lipinski definition) is 1. The molecule has 0 radical (unpaired) electrons. The van der Waals surface area contributed by atoms with Crippen molar-refractivity contribution in [2.45, 2.75) is 24.8 Å². The molecule has 0 aliphatic heterocycles. The van der Waals surface area contributed by atoms with Crippen LogP contribution in [-0.4, -0.2) is 20.2 Å². The molecule has 7 heteroatoms. The zero-order chi connectivity index (χ0) is 13.9. The van der Waals surface area contributed by atoms with Crippen LogP contribution in [0.1, 0.15) is 19.4 Å². The van der Waals surface area contributed by atoms with Crippen LogP contribution in [0, 0.1) is 17.1 Å². The van der Waals surface area contributed by atoms with Gasteiger partial charge in [0.2, 0.25) is 10.0 Å². The summed E-state index contributed by atoms with van der Waals surface area (Å²) in [6.45, 7) is 2.59. The number of carbonyl (C=O) groups excluding carboxylic acids is 1. The zero-order valence-electron chi connectivity index (χ0n) is 9.77. The van der Waals surface area contributed by atoms with E-state index in [1.54, 1.807) is 0 Å². The predicted octanol–water partition coefficient (Wildman–Crippen LogP) is 0.953. The van der Waals surface area contributed by atoms with Crippen molar-refractivity contribution >= 4 is 15.8 Å². The Morgan fingerprint density at radius 1 is 1.50 bits per heavy atom. The summed E-state index contributed by atoms with van der Waals surface area (Å²) in [5.41, 5.74) is -0.569. The molecule has 0 bridgehead atoms. The van der Waals surface area contributed by atoms with Gasteiger partial charge in [-0.15, -0.1) is 0 Å². The summed E-state index contributed by atoms with van der Waals surface area (Å²) >= 11 is 0. The fourth-order valence-corrected chi connectivity index (χ4v) is 2.64. The third-order valence-corrected chi connectivity index (χ3v) is 3.90. The third-order valence-electron chi connectivity index (χ3n) is 2.32. The van der Waals surface area contributed by atoms with E-state index >= 15 is 0 Å². The molecule has 0 aliphatic carbocycles. The van der Waals surface area contributed by atoms with E-state index in [2.05, 4.69) is 4.72 Å². The first-order valence-corrected chi connectivity index (χ1v) is 6.49. The summed E-state index contributed by atoms with van der Waals surface area (Å²) < 4.78 is 39.2. The van der Waals surface area contributed by atoms with E-state index in [1.165, 1.54) is 26.0 Å². The quantitative estimate of drug-likeness (QED) is 0.882. The predicted molar refractivity (Wildman–Crippen MR) is 61.6 cm³/mol. The van der Waals surface area contributed by atoms with Crippen LogP contribution in [0.3, 0.4) is 0 Å². The van der Waals surface area contributed by atoms with Crippen molar-refractivity contribution in [2.75, 3.05) is 0 Å². The molecule has 0 saturated carbocycles. The molecule has 96 valence electrons. The number of nitrogens with zero attached hydrogens (tertiary/aromatic N) is 1. The smallest absolute Gasteiger partial charge is 0.242 e. The summed E-state index contributed by atoms with van der Waals surface area (Å²) in [6.07, 6.45) is 0. The summed E-state index contributed by atoms with van der Waals surface area (Å²) in [5.74, 6) is -1.30. The van der Waals surface area contributed by atoms with Gasteiger partial charge in [0.05, 0.1) is 6.04 Å². The standard InChI is InChI=1S/C11H11FN2O3S/c1-7(8(2)15)14-18(16,17)11-5-3-4-10(12)9(11)6-13/h3-5,7,14H,1-2H3. The van der Waals surface area contributed by atoms with Crippen molar-refractivity contribution in [1.82, 2.24) is 4.72 Å². The van der Waals surface area contributed by atoms with Crippen molar-refractivity contribution in [1.29, 1.82) is 5.26 Å². The Morgan fingerprint density at radius 2 is 2.11 bits per heavy atom. The van der Waals surface area contributed by atoms with E-state index < -0.39 is 32.3 Å². The number of nitriles is 1. The Kier molecular flexibility index (Phi) is 4.16. The maximum atomic E-state index is 13.3.